The van der Waals surface area contributed by atoms with Gasteiger partial charge >= 0.3 is 0 Å². The lowest BCUT2D eigenvalue weighted by Crippen LogP contribution is -2.39. The van der Waals surface area contributed by atoms with Gasteiger partial charge in [0.1, 0.15) is 5.75 Å². The highest BCUT2D eigenvalue weighted by Crippen LogP contribution is 2.22. The highest BCUT2D eigenvalue weighted by atomic mass is 32.2. The number of carbonyl (C=O) groups excluding carboxylic acids is 1. The van der Waals surface area contributed by atoms with Crippen LogP contribution in [0.2, 0.25) is 0 Å². The average Bonchev–Trinajstić information content (AvgIpc) is 2.69. The van der Waals surface area contributed by atoms with Crippen molar-refractivity contribution in [1.82, 2.24) is 14.9 Å². The Hall–Kier alpha value is -2.28. The summed E-state index contributed by atoms with van der Waals surface area (Å²) in [6.45, 7) is 5.56. The van der Waals surface area contributed by atoms with Crippen LogP contribution in [-0.4, -0.2) is 41.0 Å². The van der Waals surface area contributed by atoms with E-state index in [1.807, 2.05) is 29.2 Å². The molecule has 1 saturated heterocycles. The van der Waals surface area contributed by atoms with E-state index < -0.39 is 0 Å². The molecule has 6 nitrogen and oxygen atoms in total. The minimum Gasteiger partial charge on any atom is -0.497 e. The van der Waals surface area contributed by atoms with Crippen molar-refractivity contribution < 1.29 is 9.53 Å². The third-order valence-corrected chi connectivity index (χ3v) is 6.12. The second kappa shape index (κ2) is 9.28. The van der Waals surface area contributed by atoms with Gasteiger partial charge in [0, 0.05) is 30.1 Å². The van der Waals surface area contributed by atoms with Crippen molar-refractivity contribution in [2.24, 2.45) is 5.92 Å². The fourth-order valence-corrected chi connectivity index (χ4v) is 4.15. The zero-order chi connectivity index (χ0) is 20.1. The molecule has 0 unspecified atom stereocenters. The molecule has 0 spiro atoms. The van der Waals surface area contributed by atoms with E-state index in [2.05, 4.69) is 16.9 Å². The Labute approximate surface area is 169 Å². The van der Waals surface area contributed by atoms with Crippen molar-refractivity contribution in [3.8, 4) is 5.75 Å². The topological polar surface area (TPSA) is 75.3 Å². The molecular formula is C21H27N3O3S. The number of hydrogen-bond donors (Lipinski definition) is 1. The minimum atomic E-state index is -0.223. The van der Waals surface area contributed by atoms with Crippen LogP contribution in [0.1, 0.15) is 36.6 Å². The van der Waals surface area contributed by atoms with E-state index >= 15 is 0 Å². The number of aromatic amines is 1. The van der Waals surface area contributed by atoms with E-state index in [0.29, 0.717) is 28.1 Å². The Kier molecular flexibility index (Phi) is 6.78. The molecular weight excluding hydrogens is 374 g/mol. The molecule has 1 aromatic heterocycles. The molecule has 0 bridgehead atoms. The van der Waals surface area contributed by atoms with Crippen molar-refractivity contribution in [3.63, 3.8) is 0 Å². The Morgan fingerprint density at radius 3 is 2.79 bits per heavy atom. The predicted molar refractivity (Wildman–Crippen MR) is 111 cm³/mol. The number of methoxy groups -OCH3 is 1. The smallest absolute Gasteiger partial charge is 0.255 e. The van der Waals surface area contributed by atoms with E-state index in [4.69, 9.17) is 4.74 Å². The number of thioether (sulfide) groups is 1. The molecule has 1 N–H and O–H groups in total. The van der Waals surface area contributed by atoms with Gasteiger partial charge in [-0.3, -0.25) is 9.59 Å². The average molecular weight is 402 g/mol. The second-order valence-corrected chi connectivity index (χ2v) is 8.28. The molecule has 150 valence electrons. The summed E-state index contributed by atoms with van der Waals surface area (Å²) in [5.74, 6) is 2.15. The summed E-state index contributed by atoms with van der Waals surface area (Å²) in [4.78, 5) is 34.3. The maximum Gasteiger partial charge on any atom is 0.255 e. The van der Waals surface area contributed by atoms with Crippen molar-refractivity contribution in [2.75, 3.05) is 20.2 Å². The molecule has 7 heteroatoms. The normalized spacial score (nSPS) is 14.9. The monoisotopic (exact) mass is 401 g/mol. The molecule has 0 saturated carbocycles. The van der Waals surface area contributed by atoms with Crippen LogP contribution in [0, 0.1) is 12.8 Å². The number of amides is 1. The predicted octanol–water partition coefficient (Wildman–Crippen LogP) is 3.18. The van der Waals surface area contributed by atoms with Crippen molar-refractivity contribution in [1.29, 1.82) is 0 Å². The summed E-state index contributed by atoms with van der Waals surface area (Å²) in [5.41, 5.74) is 1.95. The van der Waals surface area contributed by atoms with E-state index in [-0.39, 0.29) is 17.9 Å². The van der Waals surface area contributed by atoms with E-state index in [1.165, 1.54) is 11.8 Å². The lowest BCUT2D eigenvalue weighted by atomic mass is 9.98. The maximum absolute atomic E-state index is 12.6. The van der Waals surface area contributed by atoms with Gasteiger partial charge in [0.2, 0.25) is 5.91 Å². The van der Waals surface area contributed by atoms with Crippen LogP contribution in [-0.2, 0) is 17.0 Å². The molecule has 1 amide bonds. The molecule has 1 fully saturated rings. The third-order valence-electron chi connectivity index (χ3n) is 5.17. The number of rotatable bonds is 6. The molecule has 3 rings (SSSR count). The fourth-order valence-electron chi connectivity index (χ4n) is 3.30. The van der Waals surface area contributed by atoms with Crippen LogP contribution < -0.4 is 10.3 Å². The van der Waals surface area contributed by atoms with Crippen LogP contribution in [0.5, 0.6) is 5.75 Å². The molecule has 1 aliphatic heterocycles. The first-order valence-corrected chi connectivity index (χ1v) is 10.6. The summed E-state index contributed by atoms with van der Waals surface area (Å²) < 4.78 is 5.24. The standard InChI is InChI=1S/C21H27N3O3S/c1-14-7-9-24(10-8-14)19(25)12-18-15(2)22-21(23-20(18)26)28-13-16-5-4-6-17(11-16)27-3/h4-6,11,14H,7-10,12-13H2,1-3H3,(H,22,23,26). The van der Waals surface area contributed by atoms with Crippen molar-refractivity contribution >= 4 is 17.7 Å². The number of benzene rings is 1. The van der Waals surface area contributed by atoms with Crippen LogP contribution in [0.15, 0.2) is 34.2 Å². The number of nitrogens with one attached hydrogen (secondary N) is 1. The number of H-pyrrole nitrogens is 1. The van der Waals surface area contributed by atoms with Crippen LogP contribution in [0.3, 0.4) is 0 Å². The zero-order valence-electron chi connectivity index (χ0n) is 16.7. The first kappa shape index (κ1) is 20.5. The quantitative estimate of drug-likeness (QED) is 0.594. The van der Waals surface area contributed by atoms with Crippen LogP contribution in [0.4, 0.5) is 0 Å². The fraction of sp³-hybridized carbons (Fsp3) is 0.476. The van der Waals surface area contributed by atoms with E-state index in [9.17, 15) is 9.59 Å². The molecule has 2 heterocycles. The maximum atomic E-state index is 12.6. The van der Waals surface area contributed by atoms with Gasteiger partial charge in [-0.1, -0.05) is 30.8 Å². The number of likely N-dealkylation sites (tertiary alicyclic amines) is 1. The number of hydrogen-bond acceptors (Lipinski definition) is 5. The Balaban J connectivity index is 1.65. The van der Waals surface area contributed by atoms with Gasteiger partial charge in [0.15, 0.2) is 5.16 Å². The second-order valence-electron chi connectivity index (χ2n) is 7.32. The highest BCUT2D eigenvalue weighted by Gasteiger charge is 2.22. The van der Waals surface area contributed by atoms with Crippen molar-refractivity contribution in [3.05, 3.63) is 51.4 Å². The summed E-state index contributed by atoms with van der Waals surface area (Å²) in [5, 5.41) is 0.563. The molecule has 0 radical (unpaired) electrons. The van der Waals surface area contributed by atoms with Crippen LogP contribution >= 0.6 is 11.8 Å². The number of carbonyl (C=O) groups is 1. The molecule has 0 atom stereocenters. The third kappa shape index (κ3) is 5.16. The molecule has 2 aromatic rings. The molecule has 0 aliphatic carbocycles. The number of piperidine rings is 1. The van der Waals surface area contributed by atoms with E-state index in [0.717, 1.165) is 37.2 Å². The largest absolute Gasteiger partial charge is 0.497 e. The number of aryl methyl sites for hydroxylation is 1. The SMILES string of the molecule is COc1cccc(CSc2nc(C)c(CC(=O)N3CCC(C)CC3)c(=O)[nH]2)c1. The van der Waals surface area contributed by atoms with Crippen molar-refractivity contribution in [2.45, 2.75) is 44.0 Å². The summed E-state index contributed by atoms with van der Waals surface area (Å²) >= 11 is 1.46. The van der Waals surface area contributed by atoms with Gasteiger partial charge in [0.25, 0.3) is 5.56 Å². The highest BCUT2D eigenvalue weighted by molar-refractivity contribution is 7.98. The lowest BCUT2D eigenvalue weighted by molar-refractivity contribution is -0.131. The van der Waals surface area contributed by atoms with Gasteiger partial charge in [-0.25, -0.2) is 4.98 Å². The minimum absolute atomic E-state index is 0.0130. The summed E-state index contributed by atoms with van der Waals surface area (Å²) in [6.07, 6.45) is 2.17. The number of nitrogens with zero attached hydrogens (tertiary/aromatic N) is 2. The van der Waals surface area contributed by atoms with Gasteiger partial charge < -0.3 is 14.6 Å². The first-order chi connectivity index (χ1) is 13.5. The molecule has 28 heavy (non-hydrogen) atoms. The Morgan fingerprint density at radius 2 is 2.11 bits per heavy atom. The summed E-state index contributed by atoms with van der Waals surface area (Å²) in [7, 11) is 1.64. The zero-order valence-corrected chi connectivity index (χ0v) is 17.5. The molecule has 1 aliphatic rings. The molecule has 1 aromatic carbocycles. The van der Waals surface area contributed by atoms with Gasteiger partial charge in [0.05, 0.1) is 13.5 Å². The van der Waals surface area contributed by atoms with Gasteiger partial charge in [-0.05, 0) is 43.4 Å². The Bertz CT molecular complexity index is 889. The van der Waals surface area contributed by atoms with Gasteiger partial charge in [-0.15, -0.1) is 0 Å². The number of ether oxygens (including phenoxy) is 1. The van der Waals surface area contributed by atoms with E-state index in [1.54, 1.807) is 14.0 Å². The lowest BCUT2D eigenvalue weighted by Gasteiger charge is -2.30. The van der Waals surface area contributed by atoms with Crippen LogP contribution in [0.25, 0.3) is 0 Å². The summed E-state index contributed by atoms with van der Waals surface area (Å²) in [6, 6.07) is 7.80. The van der Waals surface area contributed by atoms with Gasteiger partial charge in [-0.2, -0.15) is 0 Å². The Morgan fingerprint density at radius 1 is 1.36 bits per heavy atom. The number of aromatic nitrogens is 2. The first-order valence-electron chi connectivity index (χ1n) is 9.59.